The third-order valence-electron chi connectivity index (χ3n) is 2.84. The first kappa shape index (κ1) is 17.8. The Morgan fingerprint density at radius 1 is 1.22 bits per heavy atom. The first-order valence-electron chi connectivity index (χ1n) is 6.55. The summed E-state index contributed by atoms with van der Waals surface area (Å²) >= 11 is 10.7. The van der Waals surface area contributed by atoms with E-state index in [2.05, 4.69) is 26.0 Å². The lowest BCUT2D eigenvalue weighted by atomic mass is 10.2. The molecule has 2 rings (SSSR count). The van der Waals surface area contributed by atoms with E-state index in [1.54, 1.807) is 12.1 Å². The van der Waals surface area contributed by atoms with Crippen LogP contribution in [-0.4, -0.2) is 24.7 Å². The van der Waals surface area contributed by atoms with Gasteiger partial charge in [0.1, 0.15) is 0 Å². The van der Waals surface area contributed by atoms with Crippen molar-refractivity contribution in [1.29, 1.82) is 0 Å². The zero-order chi connectivity index (χ0) is 16.8. The predicted molar refractivity (Wildman–Crippen MR) is 96.3 cm³/mol. The molecule has 0 aliphatic heterocycles. The number of rotatable bonds is 5. The Labute approximate surface area is 151 Å². The highest BCUT2D eigenvalue weighted by molar-refractivity contribution is 9.10. The molecule has 0 fully saturated rings. The fourth-order valence-electron chi connectivity index (χ4n) is 1.75. The summed E-state index contributed by atoms with van der Waals surface area (Å²) in [5, 5.41) is 3.01. The molecule has 1 amide bonds. The number of thioether (sulfide) groups is 1. The van der Waals surface area contributed by atoms with Gasteiger partial charge in [0.25, 0.3) is 0 Å². The molecule has 4 nitrogen and oxygen atoms in total. The van der Waals surface area contributed by atoms with Gasteiger partial charge in [-0.05, 0) is 42.5 Å². The van der Waals surface area contributed by atoms with Gasteiger partial charge >= 0.3 is 5.97 Å². The van der Waals surface area contributed by atoms with Crippen molar-refractivity contribution in [2.75, 3.05) is 18.2 Å². The van der Waals surface area contributed by atoms with Gasteiger partial charge in [0, 0.05) is 15.1 Å². The van der Waals surface area contributed by atoms with Crippen molar-refractivity contribution in [1.82, 2.24) is 0 Å². The molecule has 0 saturated carbocycles. The topological polar surface area (TPSA) is 55.4 Å². The molecule has 2 aromatic rings. The summed E-state index contributed by atoms with van der Waals surface area (Å²) in [5.41, 5.74) is 0.712. The van der Waals surface area contributed by atoms with Crippen molar-refractivity contribution in [3.63, 3.8) is 0 Å². The van der Waals surface area contributed by atoms with Gasteiger partial charge in [-0.3, -0.25) is 4.79 Å². The van der Waals surface area contributed by atoms with Gasteiger partial charge in [-0.1, -0.05) is 27.5 Å². The summed E-state index contributed by atoms with van der Waals surface area (Å²) in [4.78, 5) is 24.6. The number of benzene rings is 2. The van der Waals surface area contributed by atoms with Crippen LogP contribution >= 0.6 is 39.3 Å². The second kappa shape index (κ2) is 8.38. The Morgan fingerprint density at radius 3 is 2.57 bits per heavy atom. The fourth-order valence-corrected chi connectivity index (χ4v) is 2.90. The minimum atomic E-state index is -0.546. The Bertz CT molecular complexity index is 722. The highest BCUT2D eigenvalue weighted by Crippen LogP contribution is 2.23. The number of amides is 1. The fraction of sp³-hybridized carbons (Fsp3) is 0.125. The number of methoxy groups -OCH3 is 1. The summed E-state index contributed by atoms with van der Waals surface area (Å²) < 4.78 is 5.64. The number of carbonyl (C=O) groups excluding carboxylic acids is 2. The Kier molecular flexibility index (Phi) is 6.50. The van der Waals surface area contributed by atoms with Crippen LogP contribution < -0.4 is 5.32 Å². The summed E-state index contributed by atoms with van der Waals surface area (Å²) in [7, 11) is 1.28. The number of nitrogens with one attached hydrogen (secondary N) is 1. The highest BCUT2D eigenvalue weighted by Gasteiger charge is 2.12. The van der Waals surface area contributed by atoms with Crippen LogP contribution in [0.5, 0.6) is 0 Å². The number of anilines is 1. The van der Waals surface area contributed by atoms with Crippen LogP contribution in [0.4, 0.5) is 5.69 Å². The molecule has 120 valence electrons. The molecule has 0 aliphatic carbocycles. The zero-order valence-corrected chi connectivity index (χ0v) is 15.3. The smallest absolute Gasteiger partial charge is 0.339 e. The summed E-state index contributed by atoms with van der Waals surface area (Å²) in [6, 6.07) is 12.4. The van der Waals surface area contributed by atoms with Gasteiger partial charge in [0.05, 0.1) is 23.4 Å². The molecule has 1 N–H and O–H groups in total. The minimum Gasteiger partial charge on any atom is -0.465 e. The van der Waals surface area contributed by atoms with E-state index >= 15 is 0 Å². The van der Waals surface area contributed by atoms with Gasteiger partial charge in [-0.15, -0.1) is 11.8 Å². The van der Waals surface area contributed by atoms with E-state index in [1.807, 2.05) is 24.3 Å². The lowest BCUT2D eigenvalue weighted by Gasteiger charge is -2.08. The monoisotopic (exact) mass is 413 g/mol. The molecule has 2 aromatic carbocycles. The van der Waals surface area contributed by atoms with Gasteiger partial charge in [0.15, 0.2) is 0 Å². The molecular weight excluding hydrogens is 402 g/mol. The molecule has 0 radical (unpaired) electrons. The standard InChI is InChI=1S/C16H13BrClNO3S/c1-22-16(21)13-8-11(4-7-14(13)18)19-15(20)9-23-12-5-2-10(17)3-6-12/h2-8H,9H2,1H3,(H,19,20). The number of hydrogen-bond acceptors (Lipinski definition) is 4. The SMILES string of the molecule is COC(=O)c1cc(NC(=O)CSc2ccc(Br)cc2)ccc1Cl. The largest absolute Gasteiger partial charge is 0.465 e. The molecule has 0 aromatic heterocycles. The zero-order valence-electron chi connectivity index (χ0n) is 12.1. The third-order valence-corrected chi connectivity index (χ3v) is 4.71. The van der Waals surface area contributed by atoms with Crippen LogP contribution in [0.25, 0.3) is 0 Å². The lowest BCUT2D eigenvalue weighted by Crippen LogP contribution is -2.14. The second-order valence-electron chi connectivity index (χ2n) is 4.48. The van der Waals surface area contributed by atoms with Crippen molar-refractivity contribution >= 4 is 56.9 Å². The number of carbonyl (C=O) groups is 2. The minimum absolute atomic E-state index is 0.170. The van der Waals surface area contributed by atoms with E-state index in [0.717, 1.165) is 9.37 Å². The average molecular weight is 415 g/mol. The number of ether oxygens (including phenoxy) is 1. The second-order valence-corrected chi connectivity index (χ2v) is 6.85. The van der Waals surface area contributed by atoms with Crippen LogP contribution in [-0.2, 0) is 9.53 Å². The maximum absolute atomic E-state index is 12.0. The normalized spacial score (nSPS) is 10.2. The first-order valence-corrected chi connectivity index (χ1v) is 8.71. The van der Waals surface area contributed by atoms with Gasteiger partial charge in [-0.25, -0.2) is 4.79 Å². The van der Waals surface area contributed by atoms with Crippen molar-refractivity contribution in [3.8, 4) is 0 Å². The van der Waals surface area contributed by atoms with E-state index in [-0.39, 0.29) is 22.2 Å². The molecule has 0 atom stereocenters. The van der Waals surface area contributed by atoms with Crippen molar-refractivity contribution in [2.45, 2.75) is 4.90 Å². The van der Waals surface area contributed by atoms with Crippen LogP contribution in [0, 0.1) is 0 Å². The van der Waals surface area contributed by atoms with Gasteiger partial charge in [0.2, 0.25) is 5.91 Å². The summed E-state index contributed by atoms with van der Waals surface area (Å²) in [6.45, 7) is 0. The molecule has 23 heavy (non-hydrogen) atoms. The molecule has 0 saturated heterocycles. The first-order chi connectivity index (χ1) is 11.0. The molecular formula is C16H13BrClNO3S. The van der Waals surface area contributed by atoms with E-state index in [0.29, 0.717) is 5.69 Å². The lowest BCUT2D eigenvalue weighted by molar-refractivity contribution is -0.113. The molecule has 0 bridgehead atoms. The van der Waals surface area contributed by atoms with E-state index in [9.17, 15) is 9.59 Å². The highest BCUT2D eigenvalue weighted by atomic mass is 79.9. The van der Waals surface area contributed by atoms with Crippen molar-refractivity contribution < 1.29 is 14.3 Å². The maximum Gasteiger partial charge on any atom is 0.339 e. The summed E-state index contributed by atoms with van der Waals surface area (Å²) in [5.74, 6) is -0.455. The molecule has 0 unspecified atom stereocenters. The average Bonchev–Trinajstić information content (AvgIpc) is 2.55. The van der Waals surface area contributed by atoms with Crippen LogP contribution in [0.15, 0.2) is 51.8 Å². The predicted octanol–water partition coefficient (Wildman–Crippen LogP) is 4.62. The number of halogens is 2. The molecule has 0 heterocycles. The molecule has 7 heteroatoms. The van der Waals surface area contributed by atoms with Gasteiger partial charge < -0.3 is 10.1 Å². The molecule has 0 spiro atoms. The van der Waals surface area contributed by atoms with E-state index in [1.165, 1.54) is 24.9 Å². The summed E-state index contributed by atoms with van der Waals surface area (Å²) in [6.07, 6.45) is 0. The molecule has 0 aliphatic rings. The third kappa shape index (κ3) is 5.27. The Hall–Kier alpha value is -1.50. The van der Waals surface area contributed by atoms with Crippen LogP contribution in [0.1, 0.15) is 10.4 Å². The van der Waals surface area contributed by atoms with Crippen molar-refractivity contribution in [3.05, 3.63) is 57.5 Å². The Morgan fingerprint density at radius 2 is 1.91 bits per heavy atom. The van der Waals surface area contributed by atoms with E-state index < -0.39 is 5.97 Å². The van der Waals surface area contributed by atoms with Crippen LogP contribution in [0.3, 0.4) is 0 Å². The van der Waals surface area contributed by atoms with Crippen LogP contribution in [0.2, 0.25) is 5.02 Å². The Balaban J connectivity index is 1.97. The van der Waals surface area contributed by atoms with Crippen molar-refractivity contribution in [2.24, 2.45) is 0 Å². The van der Waals surface area contributed by atoms with E-state index in [4.69, 9.17) is 11.6 Å². The number of hydrogen-bond donors (Lipinski definition) is 1. The number of esters is 1. The quantitative estimate of drug-likeness (QED) is 0.573. The maximum atomic E-state index is 12.0. The van der Waals surface area contributed by atoms with Gasteiger partial charge in [-0.2, -0.15) is 0 Å².